The normalized spacial score (nSPS) is 11.6. The Bertz CT molecular complexity index is 1050. The number of aromatic amines is 1. The summed E-state index contributed by atoms with van der Waals surface area (Å²) in [6.07, 6.45) is 1.80. The largest absolute Gasteiger partial charge is 0.361 e. The molecule has 0 amide bonds. The first-order valence-corrected chi connectivity index (χ1v) is 6.05. The summed E-state index contributed by atoms with van der Waals surface area (Å²) in [6, 6.07) is 12.3. The van der Waals surface area contributed by atoms with E-state index in [1.54, 1.807) is 18.3 Å². The third-order valence-corrected chi connectivity index (χ3v) is 3.57. The molecule has 19 heavy (non-hydrogen) atoms. The number of nitrogens with one attached hydrogen (secondary N) is 1. The molecule has 0 saturated heterocycles. The van der Waals surface area contributed by atoms with Crippen LogP contribution in [0.5, 0.6) is 0 Å². The predicted molar refractivity (Wildman–Crippen MR) is 77.0 cm³/mol. The number of hydrogen-bond donors (Lipinski definition) is 1. The van der Waals surface area contributed by atoms with Crippen molar-refractivity contribution in [1.29, 1.82) is 0 Å². The second-order valence-electron chi connectivity index (χ2n) is 4.66. The highest BCUT2D eigenvalue weighted by Gasteiger charge is 2.11. The van der Waals surface area contributed by atoms with Gasteiger partial charge in [-0.25, -0.2) is 0 Å². The highest BCUT2D eigenvalue weighted by atomic mass is 16.1. The van der Waals surface area contributed by atoms with E-state index in [0.29, 0.717) is 10.8 Å². The van der Waals surface area contributed by atoms with Crippen LogP contribution >= 0.6 is 0 Å². The molecule has 0 aliphatic carbocycles. The van der Waals surface area contributed by atoms with Crippen LogP contribution in [0.25, 0.3) is 32.4 Å². The molecule has 3 heteroatoms. The van der Waals surface area contributed by atoms with Crippen LogP contribution in [0.2, 0.25) is 0 Å². The average Bonchev–Trinajstić information content (AvgIpc) is 2.44. The first-order valence-electron chi connectivity index (χ1n) is 6.05. The molecule has 0 unspecified atom stereocenters. The van der Waals surface area contributed by atoms with Gasteiger partial charge in [0.05, 0.1) is 5.52 Å². The highest BCUT2D eigenvalue weighted by molar-refractivity contribution is 6.19. The molecule has 3 nitrogen and oxygen atoms in total. The minimum Gasteiger partial charge on any atom is -0.361 e. The van der Waals surface area contributed by atoms with Crippen molar-refractivity contribution in [2.45, 2.75) is 0 Å². The topological polar surface area (TPSA) is 49.9 Å². The van der Waals surface area contributed by atoms with Gasteiger partial charge in [0.1, 0.15) is 0 Å². The fraction of sp³-hybridized carbons (Fsp3) is 0. The molecular formula is C16H9NO2. The SMILES string of the molecule is O=c1cc2cc[nH]c3c4ccccc4c(=O)c(c1)c23. The van der Waals surface area contributed by atoms with Crippen molar-refractivity contribution in [2.24, 2.45) is 0 Å². The number of H-pyrrole nitrogens is 1. The predicted octanol–water partition coefficient (Wildman–Crippen LogP) is 2.63. The van der Waals surface area contributed by atoms with Crippen molar-refractivity contribution in [3.8, 4) is 0 Å². The van der Waals surface area contributed by atoms with Gasteiger partial charge in [0.25, 0.3) is 0 Å². The summed E-state index contributed by atoms with van der Waals surface area (Å²) >= 11 is 0. The van der Waals surface area contributed by atoms with E-state index in [1.807, 2.05) is 24.3 Å². The molecule has 0 atom stereocenters. The van der Waals surface area contributed by atoms with Crippen LogP contribution in [-0.4, -0.2) is 4.98 Å². The maximum atomic E-state index is 12.5. The van der Waals surface area contributed by atoms with Crippen LogP contribution in [0.4, 0.5) is 0 Å². The maximum Gasteiger partial charge on any atom is 0.194 e. The second kappa shape index (κ2) is 3.42. The third-order valence-electron chi connectivity index (χ3n) is 3.57. The molecule has 0 fully saturated rings. The molecule has 4 aromatic rings. The molecule has 0 aliphatic rings. The molecule has 1 aromatic heterocycles. The van der Waals surface area contributed by atoms with Gasteiger partial charge >= 0.3 is 0 Å². The molecule has 3 aromatic carbocycles. The van der Waals surface area contributed by atoms with E-state index < -0.39 is 0 Å². The lowest BCUT2D eigenvalue weighted by Crippen LogP contribution is -2.08. The van der Waals surface area contributed by atoms with Gasteiger partial charge in [-0.1, -0.05) is 24.3 Å². The van der Waals surface area contributed by atoms with Gasteiger partial charge in [0, 0.05) is 27.7 Å². The Hall–Kier alpha value is -2.68. The molecule has 0 bridgehead atoms. The average molecular weight is 247 g/mol. The van der Waals surface area contributed by atoms with Gasteiger partial charge in [0.2, 0.25) is 0 Å². The van der Waals surface area contributed by atoms with Crippen molar-refractivity contribution in [2.75, 3.05) is 0 Å². The smallest absolute Gasteiger partial charge is 0.194 e. The van der Waals surface area contributed by atoms with Crippen molar-refractivity contribution >= 4 is 32.4 Å². The lowest BCUT2D eigenvalue weighted by molar-refractivity contribution is 1.43. The summed E-state index contributed by atoms with van der Waals surface area (Å²) in [4.78, 5) is 27.4. The van der Waals surface area contributed by atoms with Crippen LogP contribution in [0, 0.1) is 0 Å². The van der Waals surface area contributed by atoms with Gasteiger partial charge in [-0.3, -0.25) is 9.59 Å². The van der Waals surface area contributed by atoms with Gasteiger partial charge in [-0.2, -0.15) is 0 Å². The zero-order valence-corrected chi connectivity index (χ0v) is 9.94. The Labute approximate surface area is 107 Å². The Morgan fingerprint density at radius 2 is 1.63 bits per heavy atom. The van der Waals surface area contributed by atoms with E-state index in [0.717, 1.165) is 21.7 Å². The van der Waals surface area contributed by atoms with E-state index in [2.05, 4.69) is 4.98 Å². The number of pyridine rings is 1. The summed E-state index contributed by atoms with van der Waals surface area (Å²) in [7, 11) is 0. The van der Waals surface area contributed by atoms with Crippen LogP contribution in [0.3, 0.4) is 0 Å². The monoisotopic (exact) mass is 247 g/mol. The standard InChI is InChI=1S/C16H9NO2/c18-10-7-9-5-6-17-15-11-3-1-2-4-12(11)16(19)13(8-10)14(9)15/h1-8,17H. The Kier molecular flexibility index (Phi) is 1.85. The fourth-order valence-electron chi connectivity index (χ4n) is 2.77. The van der Waals surface area contributed by atoms with Crippen LogP contribution in [0.15, 0.2) is 58.3 Å². The Morgan fingerprint density at radius 1 is 0.842 bits per heavy atom. The van der Waals surface area contributed by atoms with E-state index in [4.69, 9.17) is 0 Å². The zero-order chi connectivity index (χ0) is 13.0. The number of hydrogen-bond acceptors (Lipinski definition) is 2. The molecule has 1 heterocycles. The van der Waals surface area contributed by atoms with Gasteiger partial charge < -0.3 is 4.98 Å². The lowest BCUT2D eigenvalue weighted by Gasteiger charge is -2.07. The van der Waals surface area contributed by atoms with Gasteiger partial charge in [-0.15, -0.1) is 0 Å². The van der Waals surface area contributed by atoms with Crippen molar-refractivity contribution in [3.63, 3.8) is 0 Å². The third kappa shape index (κ3) is 1.27. The first kappa shape index (κ1) is 10.3. The van der Waals surface area contributed by atoms with E-state index in [-0.39, 0.29) is 10.9 Å². The molecule has 0 aliphatic heterocycles. The quantitative estimate of drug-likeness (QED) is 0.383. The molecule has 0 saturated carbocycles. The highest BCUT2D eigenvalue weighted by Crippen LogP contribution is 2.27. The van der Waals surface area contributed by atoms with Crippen molar-refractivity contribution in [3.05, 3.63) is 69.1 Å². The molecule has 4 rings (SSSR count). The van der Waals surface area contributed by atoms with Crippen molar-refractivity contribution < 1.29 is 0 Å². The minimum absolute atomic E-state index is 0.0783. The van der Waals surface area contributed by atoms with E-state index >= 15 is 0 Å². The van der Waals surface area contributed by atoms with Crippen LogP contribution in [0.1, 0.15) is 0 Å². The van der Waals surface area contributed by atoms with Gasteiger partial charge in [-0.05, 0) is 23.6 Å². The maximum absolute atomic E-state index is 12.5. The number of rotatable bonds is 0. The number of fused-ring (bicyclic) bond motifs is 2. The van der Waals surface area contributed by atoms with Crippen LogP contribution in [-0.2, 0) is 0 Å². The fourth-order valence-corrected chi connectivity index (χ4v) is 2.77. The minimum atomic E-state index is -0.132. The molecular weight excluding hydrogens is 238 g/mol. The summed E-state index contributed by atoms with van der Waals surface area (Å²) in [5.74, 6) is 0. The molecule has 0 radical (unpaired) electrons. The Balaban J connectivity index is 2.54. The molecule has 1 N–H and O–H groups in total. The molecule has 90 valence electrons. The number of benzene rings is 3. The second-order valence-corrected chi connectivity index (χ2v) is 4.66. The zero-order valence-electron chi connectivity index (χ0n) is 9.94. The van der Waals surface area contributed by atoms with Crippen LogP contribution < -0.4 is 10.9 Å². The van der Waals surface area contributed by atoms with Gasteiger partial charge in [0.15, 0.2) is 10.9 Å². The summed E-state index contributed by atoms with van der Waals surface area (Å²) in [5.41, 5.74) is 0.695. The van der Waals surface area contributed by atoms with E-state index in [9.17, 15) is 9.59 Å². The summed E-state index contributed by atoms with van der Waals surface area (Å²) < 4.78 is 0. The molecule has 0 spiro atoms. The Morgan fingerprint density at radius 3 is 2.47 bits per heavy atom. The van der Waals surface area contributed by atoms with E-state index in [1.165, 1.54) is 6.07 Å². The summed E-state index contributed by atoms with van der Waals surface area (Å²) in [5, 5.41) is 3.67. The van der Waals surface area contributed by atoms with Crippen molar-refractivity contribution in [1.82, 2.24) is 4.98 Å². The lowest BCUT2D eigenvalue weighted by atomic mass is 9.98. The summed E-state index contributed by atoms with van der Waals surface area (Å²) in [6.45, 7) is 0. The first-order chi connectivity index (χ1) is 9.25. The number of aromatic nitrogens is 1.